The molecular formula is C24H21F2N5O3. The summed E-state index contributed by atoms with van der Waals surface area (Å²) in [5, 5.41) is 0. The van der Waals surface area contributed by atoms with Gasteiger partial charge in [-0.05, 0) is 30.5 Å². The highest BCUT2D eigenvalue weighted by molar-refractivity contribution is 5.99. The standard InChI is InChI=1S/C24H21F2N5O3/c1-33-19-5-4-12-14(21(19)26)10-34-20-3-2-6-30(22(12)20)24(32)13-7-17-16(8-15(13)25)29-23(27)18-9-28-11-31(17)18/h4-5,7-9,11,20,22H,2-3,6,10H2,1H3,(H2,27,29)/t20-,22-/m0/s1. The molecule has 0 radical (unpaired) electrons. The van der Waals surface area contributed by atoms with Gasteiger partial charge in [0.2, 0.25) is 0 Å². The number of nitrogens with zero attached hydrogens (tertiary/aromatic N) is 4. The average molecular weight is 465 g/mol. The molecule has 6 rings (SSSR count). The number of likely N-dealkylation sites (tertiary alicyclic amines) is 1. The minimum Gasteiger partial charge on any atom is -0.494 e. The number of anilines is 1. The van der Waals surface area contributed by atoms with Crippen LogP contribution in [-0.4, -0.2) is 44.9 Å². The van der Waals surface area contributed by atoms with E-state index in [1.807, 2.05) is 0 Å². The highest BCUT2D eigenvalue weighted by atomic mass is 19.1. The van der Waals surface area contributed by atoms with Crippen LogP contribution in [0, 0.1) is 11.6 Å². The van der Waals surface area contributed by atoms with Gasteiger partial charge in [-0.25, -0.2) is 18.7 Å². The number of nitrogens with two attached hydrogens (primary N) is 1. The smallest absolute Gasteiger partial charge is 0.257 e. The number of carbonyl (C=O) groups excluding carboxylic acids is 1. The molecule has 2 aromatic heterocycles. The third-order valence-corrected chi connectivity index (χ3v) is 6.76. The Morgan fingerprint density at radius 1 is 1.26 bits per heavy atom. The maximum absolute atomic E-state index is 15.2. The number of carbonyl (C=O) groups is 1. The van der Waals surface area contributed by atoms with E-state index in [1.165, 1.54) is 19.2 Å². The minimum absolute atomic E-state index is 0.0948. The Hall–Kier alpha value is -3.79. The van der Waals surface area contributed by atoms with Crippen LogP contribution in [0.3, 0.4) is 0 Å². The SMILES string of the molecule is COc1ccc2c(c1F)CO[C@H]1CCCN(C(=O)c3cc4c(cc3F)nc(N)c3cncn34)[C@@H]21. The van der Waals surface area contributed by atoms with Gasteiger partial charge in [0.05, 0.1) is 55.0 Å². The Bertz CT molecular complexity index is 1470. The maximum atomic E-state index is 15.2. The molecule has 8 nitrogen and oxygen atoms in total. The number of aromatic nitrogens is 3. The van der Waals surface area contributed by atoms with E-state index < -0.39 is 23.6 Å². The lowest BCUT2D eigenvalue weighted by Crippen LogP contribution is -2.48. The van der Waals surface area contributed by atoms with Crippen molar-refractivity contribution < 1.29 is 23.0 Å². The molecule has 2 N–H and O–H groups in total. The van der Waals surface area contributed by atoms with Crippen molar-refractivity contribution in [3.8, 4) is 5.75 Å². The monoisotopic (exact) mass is 465 g/mol. The van der Waals surface area contributed by atoms with Crippen LogP contribution in [-0.2, 0) is 11.3 Å². The van der Waals surface area contributed by atoms with Crippen LogP contribution < -0.4 is 10.5 Å². The molecule has 2 atom stereocenters. The number of hydrogen-bond donors (Lipinski definition) is 1. The largest absolute Gasteiger partial charge is 0.494 e. The molecule has 174 valence electrons. The van der Waals surface area contributed by atoms with Crippen LogP contribution in [0.1, 0.15) is 40.4 Å². The van der Waals surface area contributed by atoms with Gasteiger partial charge < -0.3 is 20.1 Å². The Labute approximate surface area is 192 Å². The normalized spacial score (nSPS) is 19.8. The topological polar surface area (TPSA) is 95.0 Å². The molecule has 0 unspecified atom stereocenters. The third kappa shape index (κ3) is 2.95. The fourth-order valence-electron chi connectivity index (χ4n) is 5.13. The molecule has 0 aliphatic carbocycles. The molecule has 0 saturated carbocycles. The minimum atomic E-state index is -0.705. The molecule has 4 heterocycles. The van der Waals surface area contributed by atoms with E-state index >= 15 is 4.39 Å². The van der Waals surface area contributed by atoms with Crippen molar-refractivity contribution in [2.45, 2.75) is 31.6 Å². The fourth-order valence-corrected chi connectivity index (χ4v) is 5.13. The number of ether oxygens (including phenoxy) is 2. The Morgan fingerprint density at radius 3 is 2.94 bits per heavy atom. The van der Waals surface area contributed by atoms with Crippen molar-refractivity contribution in [3.05, 3.63) is 65.1 Å². The molecule has 34 heavy (non-hydrogen) atoms. The summed E-state index contributed by atoms with van der Waals surface area (Å²) in [4.78, 5) is 23.6. The Kier molecular flexibility index (Phi) is 4.66. The van der Waals surface area contributed by atoms with Crippen LogP contribution in [0.15, 0.2) is 36.8 Å². The quantitative estimate of drug-likeness (QED) is 0.486. The summed E-state index contributed by atoms with van der Waals surface area (Å²) in [7, 11) is 1.40. The zero-order valence-corrected chi connectivity index (χ0v) is 18.3. The second-order valence-electron chi connectivity index (χ2n) is 8.55. The van der Waals surface area contributed by atoms with Crippen molar-refractivity contribution in [3.63, 3.8) is 0 Å². The van der Waals surface area contributed by atoms with Crippen LogP contribution in [0.5, 0.6) is 5.75 Å². The van der Waals surface area contributed by atoms with Gasteiger partial charge in [0.25, 0.3) is 5.91 Å². The van der Waals surface area contributed by atoms with Gasteiger partial charge in [-0.3, -0.25) is 9.20 Å². The van der Waals surface area contributed by atoms with E-state index in [0.29, 0.717) is 40.6 Å². The van der Waals surface area contributed by atoms with Gasteiger partial charge >= 0.3 is 0 Å². The molecule has 10 heteroatoms. The molecule has 0 spiro atoms. The second-order valence-corrected chi connectivity index (χ2v) is 8.55. The van der Waals surface area contributed by atoms with Crippen molar-refractivity contribution in [2.24, 2.45) is 0 Å². The predicted octanol–water partition coefficient (Wildman–Crippen LogP) is 3.63. The number of piperidine rings is 1. The number of benzene rings is 2. The summed E-state index contributed by atoms with van der Waals surface area (Å²) in [6.07, 6.45) is 4.21. The summed E-state index contributed by atoms with van der Waals surface area (Å²) in [6.45, 7) is 0.492. The zero-order chi connectivity index (χ0) is 23.6. The number of halogens is 2. The van der Waals surface area contributed by atoms with E-state index in [0.717, 1.165) is 6.42 Å². The van der Waals surface area contributed by atoms with Gasteiger partial charge in [0.1, 0.15) is 17.2 Å². The molecule has 1 amide bonds. The summed E-state index contributed by atoms with van der Waals surface area (Å²) in [6, 6.07) is 5.46. The summed E-state index contributed by atoms with van der Waals surface area (Å²) >= 11 is 0. The first-order valence-electron chi connectivity index (χ1n) is 11.0. The number of imidazole rings is 1. The van der Waals surface area contributed by atoms with E-state index in [9.17, 15) is 9.18 Å². The highest BCUT2D eigenvalue weighted by Crippen LogP contribution is 2.42. The molecule has 4 aromatic rings. The number of hydrogen-bond acceptors (Lipinski definition) is 6. The van der Waals surface area contributed by atoms with E-state index in [1.54, 1.807) is 34.0 Å². The van der Waals surface area contributed by atoms with Crippen molar-refractivity contribution >= 4 is 28.3 Å². The van der Waals surface area contributed by atoms with Gasteiger partial charge in [0, 0.05) is 18.2 Å². The molecule has 1 fully saturated rings. The maximum Gasteiger partial charge on any atom is 0.257 e. The first-order valence-corrected chi connectivity index (χ1v) is 11.0. The Morgan fingerprint density at radius 2 is 2.12 bits per heavy atom. The number of fused-ring (bicyclic) bond motifs is 6. The van der Waals surface area contributed by atoms with Crippen LogP contribution in [0.25, 0.3) is 16.6 Å². The van der Waals surface area contributed by atoms with Crippen LogP contribution >= 0.6 is 0 Å². The van der Waals surface area contributed by atoms with Crippen LogP contribution in [0.4, 0.5) is 14.6 Å². The van der Waals surface area contributed by atoms with Crippen LogP contribution in [0.2, 0.25) is 0 Å². The van der Waals surface area contributed by atoms with Gasteiger partial charge in [-0.15, -0.1) is 0 Å². The lowest BCUT2D eigenvalue weighted by Gasteiger charge is -2.44. The van der Waals surface area contributed by atoms with E-state index in [4.69, 9.17) is 15.2 Å². The average Bonchev–Trinajstić information content (AvgIpc) is 3.34. The van der Waals surface area contributed by atoms with E-state index in [2.05, 4.69) is 9.97 Å². The third-order valence-electron chi connectivity index (χ3n) is 6.76. The van der Waals surface area contributed by atoms with E-state index in [-0.39, 0.29) is 29.8 Å². The fraction of sp³-hybridized carbons (Fsp3) is 0.292. The lowest BCUT2D eigenvalue weighted by molar-refractivity contribution is -0.0584. The molecule has 2 aliphatic rings. The number of nitrogen functional groups attached to an aromatic ring is 1. The number of rotatable bonds is 2. The number of methoxy groups -OCH3 is 1. The van der Waals surface area contributed by atoms with Gasteiger partial charge in [0.15, 0.2) is 11.6 Å². The number of amides is 1. The first kappa shape index (κ1) is 20.8. The molecule has 1 saturated heterocycles. The Balaban J connectivity index is 1.47. The molecule has 2 aliphatic heterocycles. The predicted molar refractivity (Wildman–Crippen MR) is 119 cm³/mol. The second kappa shape index (κ2) is 7.63. The summed E-state index contributed by atoms with van der Waals surface area (Å²) < 4.78 is 42.9. The van der Waals surface area contributed by atoms with Crippen molar-refractivity contribution in [2.75, 3.05) is 19.4 Å². The van der Waals surface area contributed by atoms with Gasteiger partial charge in [-0.1, -0.05) is 6.07 Å². The van der Waals surface area contributed by atoms with Gasteiger partial charge in [-0.2, -0.15) is 0 Å². The summed E-state index contributed by atoms with van der Waals surface area (Å²) in [5.41, 5.74) is 8.27. The van der Waals surface area contributed by atoms with Crippen molar-refractivity contribution in [1.29, 1.82) is 0 Å². The summed E-state index contributed by atoms with van der Waals surface area (Å²) in [5.74, 6) is -1.36. The zero-order valence-electron chi connectivity index (χ0n) is 18.3. The lowest BCUT2D eigenvalue weighted by atomic mass is 9.86. The first-order chi connectivity index (χ1) is 16.5. The molecule has 0 bridgehead atoms. The molecular weight excluding hydrogens is 444 g/mol. The highest BCUT2D eigenvalue weighted by Gasteiger charge is 2.42. The van der Waals surface area contributed by atoms with Crippen molar-refractivity contribution in [1.82, 2.24) is 19.3 Å². The molecule has 2 aromatic carbocycles.